The van der Waals surface area contributed by atoms with Crippen molar-refractivity contribution < 1.29 is 31.1 Å². The monoisotopic (exact) mass is 393 g/mol. The molecule has 0 spiro atoms. The normalized spacial score (nSPS) is 15.5. The molecule has 27 heavy (non-hydrogen) atoms. The van der Waals surface area contributed by atoms with Gasteiger partial charge in [-0.05, 0) is 17.7 Å². The van der Waals surface area contributed by atoms with Crippen LogP contribution in [0.2, 0.25) is 0 Å². The summed E-state index contributed by atoms with van der Waals surface area (Å²) in [6.45, 7) is 0.768. The number of aromatic nitrogens is 2. The summed E-state index contributed by atoms with van der Waals surface area (Å²) in [7, 11) is 0. The Bertz CT molecular complexity index is 874. The van der Waals surface area contributed by atoms with Gasteiger partial charge < -0.3 is 9.72 Å². The Morgan fingerprint density at radius 1 is 1.11 bits per heavy atom. The highest BCUT2D eigenvalue weighted by Crippen LogP contribution is 2.27. The lowest BCUT2D eigenvalue weighted by Crippen LogP contribution is -2.36. The minimum absolute atomic E-state index is 0.0939. The van der Waals surface area contributed by atoms with Gasteiger partial charge >= 0.3 is 12.5 Å². The average molecular weight is 393 g/mol. The van der Waals surface area contributed by atoms with Crippen molar-refractivity contribution in [3.8, 4) is 5.75 Å². The number of alkyl halides is 6. The fourth-order valence-electron chi connectivity index (χ4n) is 2.80. The Kier molecular flexibility index (Phi) is 4.89. The van der Waals surface area contributed by atoms with Crippen molar-refractivity contribution in [2.24, 2.45) is 0 Å². The van der Waals surface area contributed by atoms with E-state index in [2.05, 4.69) is 9.72 Å². The molecule has 0 amide bonds. The number of hydrogen-bond acceptors (Lipinski definition) is 4. The van der Waals surface area contributed by atoms with Gasteiger partial charge in [-0.15, -0.1) is 13.2 Å². The predicted octanol–water partition coefficient (Wildman–Crippen LogP) is 3.25. The molecule has 0 unspecified atom stereocenters. The summed E-state index contributed by atoms with van der Waals surface area (Å²) in [6.07, 6.45) is -9.34. The van der Waals surface area contributed by atoms with Crippen LogP contribution in [0.1, 0.15) is 22.6 Å². The van der Waals surface area contributed by atoms with Crippen molar-refractivity contribution in [3.63, 3.8) is 0 Å². The summed E-state index contributed by atoms with van der Waals surface area (Å²) in [4.78, 5) is 19.0. The van der Waals surface area contributed by atoms with Gasteiger partial charge in [0.1, 0.15) is 5.75 Å². The molecule has 1 N–H and O–H groups in total. The quantitative estimate of drug-likeness (QED) is 0.814. The molecule has 5 nitrogen and oxygen atoms in total. The van der Waals surface area contributed by atoms with E-state index in [-0.39, 0.29) is 30.0 Å². The Hall–Kier alpha value is -2.56. The van der Waals surface area contributed by atoms with Crippen LogP contribution in [0.25, 0.3) is 0 Å². The molecule has 0 bridgehead atoms. The second-order valence-electron chi connectivity index (χ2n) is 5.99. The molecule has 3 rings (SSSR count). The number of nitrogens with zero attached hydrogens (tertiary/aromatic N) is 2. The number of fused-ring (bicyclic) bond motifs is 1. The van der Waals surface area contributed by atoms with Crippen LogP contribution >= 0.6 is 0 Å². The second-order valence-corrected chi connectivity index (χ2v) is 5.99. The zero-order valence-corrected chi connectivity index (χ0v) is 13.6. The van der Waals surface area contributed by atoms with Crippen molar-refractivity contribution in [1.82, 2.24) is 14.9 Å². The van der Waals surface area contributed by atoms with Crippen molar-refractivity contribution in [1.29, 1.82) is 0 Å². The number of benzene rings is 1. The highest BCUT2D eigenvalue weighted by molar-refractivity contribution is 5.28. The molecular formula is C16H13F6N3O2. The molecule has 0 saturated carbocycles. The number of ether oxygens (including phenoxy) is 1. The molecule has 0 aliphatic carbocycles. The van der Waals surface area contributed by atoms with Gasteiger partial charge in [-0.2, -0.15) is 13.2 Å². The second kappa shape index (κ2) is 6.87. The highest BCUT2D eigenvalue weighted by atomic mass is 19.4. The fourth-order valence-corrected chi connectivity index (χ4v) is 2.80. The van der Waals surface area contributed by atoms with Crippen molar-refractivity contribution in [3.05, 3.63) is 57.3 Å². The molecule has 146 valence electrons. The lowest BCUT2D eigenvalue weighted by molar-refractivity contribution is -0.274. The van der Waals surface area contributed by atoms with E-state index in [1.807, 2.05) is 0 Å². The molecule has 11 heteroatoms. The maximum absolute atomic E-state index is 12.7. The molecule has 2 aromatic rings. The fraction of sp³-hybridized carbons (Fsp3) is 0.375. The summed E-state index contributed by atoms with van der Waals surface area (Å²) >= 11 is 0. The molecule has 0 saturated heterocycles. The maximum Gasteiger partial charge on any atom is 0.573 e. The van der Waals surface area contributed by atoms with E-state index < -0.39 is 23.9 Å². The number of hydrogen-bond donors (Lipinski definition) is 1. The molecule has 1 aliphatic heterocycles. The van der Waals surface area contributed by atoms with Crippen LogP contribution in [0.3, 0.4) is 0 Å². The average Bonchev–Trinajstić information content (AvgIpc) is 2.55. The Morgan fingerprint density at radius 3 is 2.37 bits per heavy atom. The Morgan fingerprint density at radius 2 is 1.78 bits per heavy atom. The van der Waals surface area contributed by atoms with Crippen LogP contribution < -0.4 is 10.3 Å². The first-order chi connectivity index (χ1) is 12.5. The van der Waals surface area contributed by atoms with Crippen molar-refractivity contribution in [2.75, 3.05) is 6.54 Å². The standard InChI is InChI=1S/C16H13F6N3O2/c17-15(18,19)14-23-12-5-6-25(8-11(12)13(26)24-14)7-9-1-3-10(4-2-9)27-16(20,21)22/h1-4H,5-8H2,(H,23,24,26). The van der Waals surface area contributed by atoms with E-state index in [0.717, 1.165) is 0 Å². The van der Waals surface area contributed by atoms with Crippen LogP contribution in [0.15, 0.2) is 29.1 Å². The van der Waals surface area contributed by atoms with Crippen LogP contribution in [-0.2, 0) is 25.7 Å². The summed E-state index contributed by atoms with van der Waals surface area (Å²) in [5.41, 5.74) is 0.0951. The molecule has 1 aromatic heterocycles. The zero-order valence-electron chi connectivity index (χ0n) is 13.6. The largest absolute Gasteiger partial charge is 0.573 e. The zero-order chi connectivity index (χ0) is 19.8. The van der Waals surface area contributed by atoms with Gasteiger partial charge in [0, 0.05) is 26.1 Å². The number of rotatable bonds is 3. The Balaban J connectivity index is 1.71. The lowest BCUT2D eigenvalue weighted by atomic mass is 10.1. The highest BCUT2D eigenvalue weighted by Gasteiger charge is 2.36. The first-order valence-corrected chi connectivity index (χ1v) is 7.77. The summed E-state index contributed by atoms with van der Waals surface area (Å²) in [5, 5.41) is 0. The molecule has 1 aliphatic rings. The van der Waals surface area contributed by atoms with Crippen molar-refractivity contribution >= 4 is 0 Å². The van der Waals surface area contributed by atoms with Gasteiger partial charge in [0.2, 0.25) is 5.82 Å². The number of H-pyrrole nitrogens is 1. The smallest absolute Gasteiger partial charge is 0.406 e. The molecular weight excluding hydrogens is 380 g/mol. The predicted molar refractivity (Wildman–Crippen MR) is 80.8 cm³/mol. The maximum atomic E-state index is 12.7. The van der Waals surface area contributed by atoms with Gasteiger partial charge in [0.05, 0.1) is 11.3 Å². The van der Waals surface area contributed by atoms with Gasteiger partial charge in [0.15, 0.2) is 0 Å². The minimum Gasteiger partial charge on any atom is -0.406 e. The Labute approximate surface area is 148 Å². The van der Waals surface area contributed by atoms with Gasteiger partial charge in [-0.3, -0.25) is 9.69 Å². The van der Waals surface area contributed by atoms with E-state index in [4.69, 9.17) is 0 Å². The third-order valence-electron chi connectivity index (χ3n) is 3.98. The van der Waals surface area contributed by atoms with E-state index in [0.29, 0.717) is 18.7 Å². The van der Waals surface area contributed by atoms with E-state index in [9.17, 15) is 31.1 Å². The molecule has 0 atom stereocenters. The van der Waals surface area contributed by atoms with Gasteiger partial charge in [0.25, 0.3) is 5.56 Å². The van der Waals surface area contributed by atoms with Crippen LogP contribution in [-0.4, -0.2) is 27.8 Å². The molecule has 0 fully saturated rings. The van der Waals surface area contributed by atoms with E-state index >= 15 is 0 Å². The molecule has 1 aromatic carbocycles. The van der Waals surface area contributed by atoms with Gasteiger partial charge in [-0.25, -0.2) is 4.98 Å². The number of halogens is 6. The number of nitrogens with one attached hydrogen (secondary N) is 1. The third-order valence-corrected chi connectivity index (χ3v) is 3.98. The van der Waals surface area contributed by atoms with Gasteiger partial charge in [-0.1, -0.05) is 12.1 Å². The van der Waals surface area contributed by atoms with Crippen molar-refractivity contribution in [2.45, 2.75) is 32.0 Å². The first kappa shape index (κ1) is 19.2. The SMILES string of the molecule is O=c1[nH]c(C(F)(F)F)nc2c1CN(Cc1ccc(OC(F)(F)F)cc1)CC2. The van der Waals surface area contributed by atoms with Crippen LogP contribution in [0.5, 0.6) is 5.75 Å². The lowest BCUT2D eigenvalue weighted by Gasteiger charge is -2.27. The molecule has 0 radical (unpaired) electrons. The minimum atomic E-state index is -4.78. The third kappa shape index (κ3) is 4.79. The molecule has 2 heterocycles. The summed E-state index contributed by atoms with van der Waals surface area (Å²) in [5.74, 6) is -1.67. The van der Waals surface area contributed by atoms with E-state index in [1.165, 1.54) is 24.3 Å². The van der Waals surface area contributed by atoms with E-state index in [1.54, 1.807) is 9.88 Å². The van der Waals surface area contributed by atoms with Crippen LogP contribution in [0.4, 0.5) is 26.3 Å². The summed E-state index contributed by atoms with van der Waals surface area (Å²) in [6, 6.07) is 5.24. The number of aromatic amines is 1. The first-order valence-electron chi connectivity index (χ1n) is 7.77. The topological polar surface area (TPSA) is 58.2 Å². The summed E-state index contributed by atoms with van der Waals surface area (Å²) < 4.78 is 78.4. The van der Waals surface area contributed by atoms with Crippen LogP contribution in [0, 0.1) is 0 Å².